The first-order valence-electron chi connectivity index (χ1n) is 4.87. The number of nitrogens with zero attached hydrogens (tertiary/aromatic N) is 3. The average Bonchev–Trinajstić information content (AvgIpc) is 2.30. The van der Waals surface area contributed by atoms with E-state index in [0.717, 1.165) is 30.1 Å². The van der Waals surface area contributed by atoms with Crippen molar-refractivity contribution in [3.8, 4) is 0 Å². The number of allylic oxidation sites excluding steroid dienone is 1. The molecule has 0 aromatic carbocycles. The highest BCUT2D eigenvalue weighted by Gasteiger charge is 1.97. The Balaban J connectivity index is 2.71. The predicted molar refractivity (Wildman–Crippen MR) is 54.9 cm³/mol. The monoisotopic (exact) mass is 187 g/mol. The molecule has 0 N–H and O–H groups in total. The smallest absolute Gasteiger partial charge is 0.178 e. The Bertz CT molecular complexity index is 460. The van der Waals surface area contributed by atoms with E-state index in [-0.39, 0.29) is 0 Å². The van der Waals surface area contributed by atoms with Gasteiger partial charge >= 0.3 is 0 Å². The maximum atomic E-state index is 4.32. The number of fused-ring (bicyclic) bond motifs is 1. The van der Waals surface area contributed by atoms with E-state index in [1.807, 2.05) is 6.20 Å². The van der Waals surface area contributed by atoms with Gasteiger partial charge in [-0.2, -0.15) is 0 Å². The maximum Gasteiger partial charge on any atom is 0.178 e. The molecule has 0 saturated carbocycles. The van der Waals surface area contributed by atoms with Gasteiger partial charge in [0.1, 0.15) is 5.35 Å². The molecular weight excluding hydrogens is 174 g/mol. The summed E-state index contributed by atoms with van der Waals surface area (Å²) in [7, 11) is 0. The van der Waals surface area contributed by atoms with Gasteiger partial charge in [0.25, 0.3) is 0 Å². The van der Waals surface area contributed by atoms with Crippen molar-refractivity contribution in [3.05, 3.63) is 35.5 Å². The Kier molecular flexibility index (Phi) is 2.68. The van der Waals surface area contributed by atoms with Crippen molar-refractivity contribution in [2.24, 2.45) is 4.99 Å². The molecule has 1 aliphatic heterocycles. The Labute approximate surface area is 82.9 Å². The Morgan fingerprint density at radius 1 is 1.21 bits per heavy atom. The topological polar surface area (TPSA) is 38.1 Å². The maximum absolute atomic E-state index is 4.32. The van der Waals surface area contributed by atoms with Crippen molar-refractivity contribution in [1.82, 2.24) is 9.97 Å². The number of aromatic nitrogens is 2. The van der Waals surface area contributed by atoms with Crippen LogP contribution >= 0.6 is 0 Å². The fraction of sp³-hybridized carbons (Fsp3) is 0.364. The van der Waals surface area contributed by atoms with E-state index in [1.54, 1.807) is 12.4 Å². The lowest BCUT2D eigenvalue weighted by atomic mass is 10.1. The SMILES string of the molecule is C\C1=c2/nccn/c2=N\C=C/CCC1. The van der Waals surface area contributed by atoms with Gasteiger partial charge < -0.3 is 0 Å². The Hall–Kier alpha value is -1.51. The van der Waals surface area contributed by atoms with Crippen LogP contribution in [0.25, 0.3) is 5.57 Å². The molecule has 2 heterocycles. The zero-order chi connectivity index (χ0) is 9.80. The van der Waals surface area contributed by atoms with Gasteiger partial charge in [-0.1, -0.05) is 6.08 Å². The van der Waals surface area contributed by atoms with Gasteiger partial charge in [-0.05, 0) is 31.8 Å². The van der Waals surface area contributed by atoms with Crippen LogP contribution < -0.4 is 10.8 Å². The fourth-order valence-corrected chi connectivity index (χ4v) is 1.53. The summed E-state index contributed by atoms with van der Waals surface area (Å²) in [6, 6.07) is 0. The molecule has 0 radical (unpaired) electrons. The molecule has 2 rings (SSSR count). The van der Waals surface area contributed by atoms with Crippen LogP contribution in [0, 0.1) is 0 Å². The lowest BCUT2D eigenvalue weighted by Crippen LogP contribution is -2.32. The standard InChI is InChI=1S/C11H13N3/c1-9-5-3-2-4-6-13-11-10(9)12-7-8-14-11/h4,6-8H,2-3,5H2,1H3/b6-4-,10-9+,13-11-. The van der Waals surface area contributed by atoms with Crippen LogP contribution in [0.5, 0.6) is 0 Å². The molecule has 0 aliphatic carbocycles. The van der Waals surface area contributed by atoms with E-state index in [0.29, 0.717) is 0 Å². The first-order chi connectivity index (χ1) is 6.88. The van der Waals surface area contributed by atoms with Gasteiger partial charge in [-0.15, -0.1) is 0 Å². The molecule has 1 aromatic rings. The van der Waals surface area contributed by atoms with Gasteiger partial charge in [0, 0.05) is 18.6 Å². The van der Waals surface area contributed by atoms with E-state index in [2.05, 4.69) is 28.0 Å². The van der Waals surface area contributed by atoms with Crippen LogP contribution in [0.4, 0.5) is 0 Å². The third-order valence-corrected chi connectivity index (χ3v) is 2.31. The average molecular weight is 187 g/mol. The third kappa shape index (κ3) is 1.87. The Morgan fingerprint density at radius 2 is 2.07 bits per heavy atom. The lowest BCUT2D eigenvalue weighted by Gasteiger charge is -1.97. The molecule has 0 saturated heterocycles. The summed E-state index contributed by atoms with van der Waals surface area (Å²) >= 11 is 0. The molecule has 3 heteroatoms. The molecule has 0 amide bonds. The second-order valence-corrected chi connectivity index (χ2v) is 3.41. The molecule has 0 atom stereocenters. The van der Waals surface area contributed by atoms with Crippen LogP contribution in [-0.4, -0.2) is 9.97 Å². The summed E-state index contributed by atoms with van der Waals surface area (Å²) in [5, 5.41) is 0.944. The quantitative estimate of drug-likeness (QED) is 0.607. The summed E-state index contributed by atoms with van der Waals surface area (Å²) < 4.78 is 0. The highest BCUT2D eigenvalue weighted by molar-refractivity contribution is 5.38. The number of rotatable bonds is 0. The van der Waals surface area contributed by atoms with Crippen LogP contribution in [-0.2, 0) is 0 Å². The van der Waals surface area contributed by atoms with E-state index >= 15 is 0 Å². The van der Waals surface area contributed by atoms with Crippen molar-refractivity contribution in [2.75, 3.05) is 0 Å². The third-order valence-electron chi connectivity index (χ3n) is 2.31. The van der Waals surface area contributed by atoms with E-state index < -0.39 is 0 Å². The van der Waals surface area contributed by atoms with Crippen molar-refractivity contribution in [2.45, 2.75) is 26.2 Å². The minimum atomic E-state index is 0.739. The summed E-state index contributed by atoms with van der Waals surface area (Å²) in [6.45, 7) is 2.11. The lowest BCUT2D eigenvalue weighted by molar-refractivity contribution is 0.868. The van der Waals surface area contributed by atoms with Gasteiger partial charge in [0.05, 0.1) is 0 Å². The number of hydrogen-bond acceptors (Lipinski definition) is 3. The van der Waals surface area contributed by atoms with Gasteiger partial charge in [0.2, 0.25) is 0 Å². The zero-order valence-electron chi connectivity index (χ0n) is 8.27. The van der Waals surface area contributed by atoms with Crippen LogP contribution in [0.15, 0.2) is 29.7 Å². The van der Waals surface area contributed by atoms with E-state index in [1.165, 1.54) is 5.57 Å². The van der Waals surface area contributed by atoms with Crippen molar-refractivity contribution >= 4 is 5.57 Å². The Morgan fingerprint density at radius 3 is 3.00 bits per heavy atom. The van der Waals surface area contributed by atoms with Gasteiger partial charge in [-0.3, -0.25) is 4.98 Å². The predicted octanol–water partition coefficient (Wildman–Crippen LogP) is 0.964. The molecule has 0 bridgehead atoms. The normalized spacial score (nSPS) is 24.8. The summed E-state index contributed by atoms with van der Waals surface area (Å²) in [4.78, 5) is 12.8. The van der Waals surface area contributed by atoms with E-state index in [4.69, 9.17) is 0 Å². The van der Waals surface area contributed by atoms with E-state index in [9.17, 15) is 0 Å². The highest BCUT2D eigenvalue weighted by Crippen LogP contribution is 2.06. The molecule has 0 spiro atoms. The van der Waals surface area contributed by atoms with Crippen LogP contribution in [0.1, 0.15) is 26.2 Å². The first-order valence-corrected chi connectivity index (χ1v) is 4.87. The summed E-state index contributed by atoms with van der Waals surface area (Å²) in [5.74, 6) is 0. The highest BCUT2D eigenvalue weighted by atomic mass is 14.9. The molecule has 0 unspecified atom stereocenters. The first kappa shape index (κ1) is 9.06. The largest absolute Gasteiger partial charge is 0.251 e. The molecule has 1 aliphatic rings. The van der Waals surface area contributed by atoms with Crippen LogP contribution in [0.3, 0.4) is 0 Å². The minimum Gasteiger partial charge on any atom is -0.251 e. The summed E-state index contributed by atoms with van der Waals surface area (Å²) in [6.07, 6.45) is 10.6. The fourth-order valence-electron chi connectivity index (χ4n) is 1.53. The van der Waals surface area contributed by atoms with Gasteiger partial charge in [-0.25, -0.2) is 9.98 Å². The number of hydrogen-bond donors (Lipinski definition) is 0. The van der Waals surface area contributed by atoms with Crippen LogP contribution in [0.2, 0.25) is 0 Å². The molecular formula is C11H13N3. The van der Waals surface area contributed by atoms with Crippen molar-refractivity contribution < 1.29 is 0 Å². The second kappa shape index (κ2) is 4.13. The summed E-state index contributed by atoms with van der Waals surface area (Å²) in [5.41, 5.74) is 2.02. The molecule has 72 valence electrons. The molecule has 1 aromatic heterocycles. The van der Waals surface area contributed by atoms with Crippen molar-refractivity contribution in [3.63, 3.8) is 0 Å². The zero-order valence-corrected chi connectivity index (χ0v) is 8.27. The second-order valence-electron chi connectivity index (χ2n) is 3.41. The molecule has 3 nitrogen and oxygen atoms in total. The van der Waals surface area contributed by atoms with Crippen molar-refractivity contribution in [1.29, 1.82) is 0 Å². The minimum absolute atomic E-state index is 0.739. The van der Waals surface area contributed by atoms with Gasteiger partial charge in [0.15, 0.2) is 5.49 Å². The molecule has 14 heavy (non-hydrogen) atoms. The molecule has 0 fully saturated rings.